The van der Waals surface area contributed by atoms with E-state index in [0.717, 1.165) is 76.3 Å². The maximum Gasteiger partial charge on any atom is 0.306 e. The average molecular weight is 1290 g/mol. The van der Waals surface area contributed by atoms with Crippen LogP contribution in [0.25, 0.3) is 10.4 Å². The smallest absolute Gasteiger partial charge is 0.306 e. The van der Waals surface area contributed by atoms with Gasteiger partial charge in [0.15, 0.2) is 18.4 Å². The number of aromatic hydroxyl groups is 1. The molecule has 4 rings (SSSR count). The number of azide groups is 1. The first kappa shape index (κ1) is 77.7. The third kappa shape index (κ3) is 27.0. The molecule has 18 atom stereocenters. The summed E-state index contributed by atoms with van der Waals surface area (Å²) in [6, 6.07) is 1.72. The van der Waals surface area contributed by atoms with Crippen molar-refractivity contribution in [3.05, 3.63) is 34.2 Å². The zero-order valence-electron chi connectivity index (χ0n) is 51.9. The number of carbonyl (C=O) groups excluding carboxylic acids is 3. The number of unbranched alkanes of at least 4 members (excludes halogenated alkanes) is 24. The number of hydrogen-bond acceptors (Lipinski definition) is 24. The maximum absolute atomic E-state index is 13.8. The number of nitrogens with one attached hydrogen (secondary N) is 1. The Balaban J connectivity index is 1.45. The zero-order chi connectivity index (χ0) is 65.3. The second kappa shape index (κ2) is 42.5. The second-order valence-electron chi connectivity index (χ2n) is 23.8. The molecule has 28 nitrogen and oxygen atoms in total. The van der Waals surface area contributed by atoms with Gasteiger partial charge in [-0.1, -0.05) is 179 Å². The van der Waals surface area contributed by atoms with Crippen LogP contribution in [0.2, 0.25) is 0 Å². The fourth-order valence-corrected chi connectivity index (χ4v) is 12.0. The first-order chi connectivity index (χ1) is 42.7. The van der Waals surface area contributed by atoms with E-state index in [9.17, 15) is 74.9 Å². The number of esters is 2. The normalized spacial score (nSPS) is 29.0. The molecule has 2 aliphatic heterocycles. The van der Waals surface area contributed by atoms with Crippen LogP contribution in [0.5, 0.6) is 5.75 Å². The Kier molecular flexibility index (Phi) is 37.1. The molecule has 1 saturated carbocycles. The Labute approximate surface area is 522 Å². The van der Waals surface area contributed by atoms with Gasteiger partial charge in [-0.2, -0.15) is 0 Å². The lowest BCUT2D eigenvalue weighted by atomic mass is 9.84. The molecule has 14 N–H and O–H groups in total. The molecule has 29 heteroatoms. The molecule has 2 heterocycles. The van der Waals surface area contributed by atoms with E-state index in [4.69, 9.17) is 43.0 Å². The minimum atomic E-state index is -5.79. The lowest BCUT2D eigenvalue weighted by Gasteiger charge is -2.48. The molecule has 2 saturated heterocycles. The quantitative estimate of drug-likeness (QED) is 0.0109. The number of phosphoric acid groups is 1. The van der Waals surface area contributed by atoms with Crippen molar-refractivity contribution in [1.29, 1.82) is 0 Å². The van der Waals surface area contributed by atoms with E-state index in [1.807, 2.05) is 0 Å². The van der Waals surface area contributed by atoms with Crippen molar-refractivity contribution in [3.8, 4) is 5.75 Å². The van der Waals surface area contributed by atoms with E-state index in [2.05, 4.69) is 34.9 Å². The molecule has 1 aliphatic carbocycles. The zero-order valence-corrected chi connectivity index (χ0v) is 52.8. The van der Waals surface area contributed by atoms with Gasteiger partial charge in [0, 0.05) is 30.0 Å². The topological polar surface area (TPSA) is 456 Å². The third-order valence-electron chi connectivity index (χ3n) is 16.5. The highest BCUT2D eigenvalue weighted by Crippen LogP contribution is 2.44. The molecule has 0 radical (unpaired) electrons. The predicted octanol–water partition coefficient (Wildman–Crippen LogP) is 4.08. The van der Waals surface area contributed by atoms with E-state index >= 15 is 0 Å². The van der Waals surface area contributed by atoms with Crippen LogP contribution in [-0.4, -0.2) is 199 Å². The number of carbonyl (C=O) groups is 3. The fraction of sp³-hybridized carbons (Fsp3) is 0.850. The van der Waals surface area contributed by atoms with Gasteiger partial charge in [-0.15, -0.1) is 0 Å². The summed E-state index contributed by atoms with van der Waals surface area (Å²) in [6.07, 6.45) is -3.37. The number of phosphoric ester groups is 1. The van der Waals surface area contributed by atoms with Crippen LogP contribution in [-0.2, 0) is 51.6 Å². The summed E-state index contributed by atoms with van der Waals surface area (Å²) in [6.45, 7) is 1.26. The highest BCUT2D eigenvalue weighted by atomic mass is 31.2. The summed E-state index contributed by atoms with van der Waals surface area (Å²) >= 11 is 0. The molecular weight excluding hydrogens is 1190 g/mol. The van der Waals surface area contributed by atoms with Gasteiger partial charge in [0.05, 0.1) is 18.8 Å². The molecule has 1 unspecified atom stereocenters. The minimum absolute atomic E-state index is 0.0331. The summed E-state index contributed by atoms with van der Waals surface area (Å²) in [4.78, 5) is 56.0. The maximum atomic E-state index is 13.8. The lowest BCUT2D eigenvalue weighted by Crippen LogP contribution is -2.80. The Morgan fingerprint density at radius 1 is 0.629 bits per heavy atom. The van der Waals surface area contributed by atoms with Crippen LogP contribution < -0.4 is 15.9 Å². The van der Waals surface area contributed by atoms with Gasteiger partial charge in [-0.3, -0.25) is 18.9 Å². The van der Waals surface area contributed by atoms with Crippen molar-refractivity contribution in [2.75, 3.05) is 26.4 Å². The number of phenols is 1. The van der Waals surface area contributed by atoms with Crippen molar-refractivity contribution in [2.24, 2.45) is 5.11 Å². The minimum Gasteiger partial charge on any atom is -0.756 e. The van der Waals surface area contributed by atoms with Crippen LogP contribution in [0, 0.1) is 0 Å². The summed E-state index contributed by atoms with van der Waals surface area (Å²) in [5.74, 6) is -2.95. The average Bonchev–Trinajstić information content (AvgIpc) is 1.40. The number of hydrogen-bond donors (Lipinski definition) is 12. The molecular formula is C60H104N5O23P. The van der Waals surface area contributed by atoms with Gasteiger partial charge < -0.3 is 104 Å². The molecule has 512 valence electrons. The lowest BCUT2D eigenvalue weighted by molar-refractivity contribution is -0.510. The van der Waals surface area contributed by atoms with Crippen LogP contribution in [0.3, 0.4) is 0 Å². The molecule has 0 aromatic heterocycles. The molecule has 1 aromatic rings. The Bertz CT molecular complexity index is 2270. The number of phenolic OH excluding ortho intramolecular Hbond substituents is 1. The van der Waals surface area contributed by atoms with E-state index in [1.54, 1.807) is 0 Å². The summed E-state index contributed by atoms with van der Waals surface area (Å²) in [5, 5.41) is 114. The number of benzene rings is 1. The summed E-state index contributed by atoms with van der Waals surface area (Å²) in [7, 11) is -5.79. The van der Waals surface area contributed by atoms with Gasteiger partial charge in [-0.25, -0.2) is 0 Å². The Morgan fingerprint density at radius 2 is 1.10 bits per heavy atom. The first-order valence-electron chi connectivity index (χ1n) is 32.3. The van der Waals surface area contributed by atoms with E-state index in [-0.39, 0.29) is 24.1 Å². The molecule has 3 aliphatic rings. The number of quaternary nitrogens is 1. The Morgan fingerprint density at radius 3 is 1.61 bits per heavy atom. The fourth-order valence-electron chi connectivity index (χ4n) is 11.1. The second-order valence-corrected chi connectivity index (χ2v) is 25.1. The molecule has 89 heavy (non-hydrogen) atoms. The largest absolute Gasteiger partial charge is 0.756 e. The summed E-state index contributed by atoms with van der Waals surface area (Å²) < 4.78 is 58.7. The van der Waals surface area contributed by atoms with Gasteiger partial charge in [0.1, 0.15) is 91.7 Å². The Hall–Kier alpha value is -3.71. The molecule has 0 bridgehead atoms. The van der Waals surface area contributed by atoms with Gasteiger partial charge in [0.2, 0.25) is 6.29 Å². The van der Waals surface area contributed by atoms with Crippen LogP contribution in [0.15, 0.2) is 23.3 Å². The van der Waals surface area contributed by atoms with Crippen molar-refractivity contribution in [3.63, 3.8) is 0 Å². The van der Waals surface area contributed by atoms with E-state index in [1.165, 1.54) is 96.0 Å². The number of nitrogens with zero attached hydrogens (tertiary/aromatic N) is 3. The standard InChI is InChI=1S/C60H104N5O23P/c1-3-5-7-9-11-13-15-17-19-21-23-25-27-29-44(68)81-36-39(83-45(69)30-28-26-24-22-20-18-16-14-12-10-8-6-4-2)37-82-89(79,80)88-57-53(76)51(74)50(73)52(75)56(57)87-59-46(61)48(71)55(86-60-54(77)49(72)47(70)43(35-66)85-60)42(84-59)34-63-58(78)40-32-31-38(64-65-62)33-41(40)67/h31-33,39,42-43,46-57,59-60,66-67,70-77H,3-30,34-37,61H2,1-2H3,(H,63,78)(H,79,80)/t39-,42-,43-,46-,47-,48-,49+,50-,51-,52+,53-,54+,55-,56-,57-,59-,60-/m1/s1. The predicted molar refractivity (Wildman–Crippen MR) is 318 cm³/mol. The third-order valence-corrected chi connectivity index (χ3v) is 17.5. The molecule has 1 amide bonds. The highest BCUT2D eigenvalue weighted by Gasteiger charge is 2.56. The van der Waals surface area contributed by atoms with Gasteiger partial charge in [0.25, 0.3) is 13.7 Å². The van der Waals surface area contributed by atoms with Gasteiger partial charge in [-0.05, 0) is 30.5 Å². The first-order valence-corrected chi connectivity index (χ1v) is 33.8. The molecule has 0 spiro atoms. The van der Waals surface area contributed by atoms with Crippen molar-refractivity contribution >= 4 is 31.4 Å². The van der Waals surface area contributed by atoms with Gasteiger partial charge >= 0.3 is 11.9 Å². The summed E-state index contributed by atoms with van der Waals surface area (Å²) in [5.41, 5.74) is 12.3. The number of aliphatic hydroxyl groups excluding tert-OH is 9. The van der Waals surface area contributed by atoms with Crippen LogP contribution >= 0.6 is 7.82 Å². The van der Waals surface area contributed by atoms with Crippen LogP contribution in [0.1, 0.15) is 204 Å². The van der Waals surface area contributed by atoms with E-state index < -0.39 is 162 Å². The number of amides is 1. The monoisotopic (exact) mass is 1290 g/mol. The highest BCUT2D eigenvalue weighted by molar-refractivity contribution is 7.45. The van der Waals surface area contributed by atoms with Crippen LogP contribution in [0.4, 0.5) is 5.69 Å². The number of ether oxygens (including phenoxy) is 6. The van der Waals surface area contributed by atoms with E-state index in [0.29, 0.717) is 12.8 Å². The molecule has 1 aromatic carbocycles. The number of rotatable bonds is 45. The van der Waals surface area contributed by atoms with Crippen molar-refractivity contribution in [1.82, 2.24) is 5.32 Å². The molecule has 3 fully saturated rings. The SMILES string of the molecule is CCCCCCCCCCCCCCCC(=O)OC[C@H](COP(=O)([O-])O[C@@H]1[C@H](O)[C@H](O)[C@@H](O)[C@H](O)[C@H]1O[C@H]1O[C@H](CNC(=O)c2ccc(N=[N+]=[N-])cc2O)[C@@H](O[C@H]2O[C@H](CO)[C@@H](O)[C@H](O)[C@@H]2O)[C@H](O)[C@H]1[NH3+])OC(=O)CCCCCCCCCCCCCCC. The van der Waals surface area contributed by atoms with Crippen molar-refractivity contribution < 1.29 is 118 Å². The van der Waals surface area contributed by atoms with Crippen molar-refractivity contribution in [2.45, 2.75) is 298 Å². The number of aliphatic hydroxyl groups is 9.